The van der Waals surface area contributed by atoms with Gasteiger partial charge in [-0.2, -0.15) is 0 Å². The number of hydrogen-bond acceptors (Lipinski definition) is 2. The largest absolute Gasteiger partial charge is 0.426 e. The number of nitrogens with zero attached hydrogens (tertiary/aromatic N) is 1. The second-order valence-corrected chi connectivity index (χ2v) is 9.71. The van der Waals surface area contributed by atoms with E-state index in [1.165, 1.54) is 0 Å². The van der Waals surface area contributed by atoms with Gasteiger partial charge in [-0.15, -0.1) is 0 Å². The van der Waals surface area contributed by atoms with E-state index in [1.807, 2.05) is 54.6 Å². The maximum Gasteiger partial charge on any atom is 0.228 e. The summed E-state index contributed by atoms with van der Waals surface area (Å²) < 4.78 is 18.8. The molecule has 1 aliphatic rings. The van der Waals surface area contributed by atoms with E-state index < -0.39 is 13.6 Å². The number of aliphatic imine (C=N–C) groups is 1. The van der Waals surface area contributed by atoms with Crippen molar-refractivity contribution >= 4 is 51.4 Å². The molecule has 27 heavy (non-hydrogen) atoms. The molecule has 5 heteroatoms. The molecule has 1 aliphatic heterocycles. The van der Waals surface area contributed by atoms with Gasteiger partial charge in [0.25, 0.3) is 0 Å². The molecule has 0 bridgehead atoms. The third-order valence-electron chi connectivity index (χ3n) is 4.49. The minimum Gasteiger partial charge on any atom is -0.426 e. The first kappa shape index (κ1) is 17.8. The van der Waals surface area contributed by atoms with Crippen LogP contribution in [0.4, 0.5) is 4.39 Å². The van der Waals surface area contributed by atoms with Crippen LogP contribution >= 0.6 is 19.1 Å². The minimum absolute atomic E-state index is 0.0298. The predicted molar refractivity (Wildman–Crippen MR) is 117 cm³/mol. The topological polar surface area (TPSA) is 21.6 Å². The number of rotatable bonds is 4. The number of benzene rings is 3. The lowest BCUT2D eigenvalue weighted by Gasteiger charge is -2.29. The fourth-order valence-corrected chi connectivity index (χ4v) is 8.00. The van der Waals surface area contributed by atoms with Crippen molar-refractivity contribution in [3.05, 3.63) is 91.0 Å². The zero-order valence-corrected chi connectivity index (χ0v) is 16.2. The van der Waals surface area contributed by atoms with E-state index in [4.69, 9.17) is 17.0 Å². The average molecular weight is 393 g/mol. The summed E-state index contributed by atoms with van der Waals surface area (Å²) in [7, 11) is 0. The summed E-state index contributed by atoms with van der Waals surface area (Å²) >= 11 is 5.52. The SMILES string of the molecule is FCC1=NC(=P(c2ccccc2)(c2ccccc2)c2ccccc2)C(=S)O1. The van der Waals surface area contributed by atoms with Crippen molar-refractivity contribution in [2.45, 2.75) is 0 Å². The van der Waals surface area contributed by atoms with E-state index in [2.05, 4.69) is 41.4 Å². The van der Waals surface area contributed by atoms with Crippen LogP contribution in [0.5, 0.6) is 0 Å². The highest BCUT2D eigenvalue weighted by molar-refractivity contribution is 7.98. The first-order valence-corrected chi connectivity index (χ1v) is 10.8. The Labute approximate surface area is 163 Å². The first-order valence-electron chi connectivity index (χ1n) is 8.56. The van der Waals surface area contributed by atoms with Crippen LogP contribution in [0.25, 0.3) is 0 Å². The Morgan fingerprint density at radius 1 is 0.741 bits per heavy atom. The third-order valence-corrected chi connectivity index (χ3v) is 9.07. The summed E-state index contributed by atoms with van der Waals surface area (Å²) in [5.74, 6) is 0.0298. The number of halogens is 1. The van der Waals surface area contributed by atoms with Crippen LogP contribution in [0.15, 0.2) is 96.0 Å². The molecule has 0 aliphatic carbocycles. The molecule has 0 spiro atoms. The Balaban J connectivity index is 2.22. The van der Waals surface area contributed by atoms with E-state index in [0.717, 1.165) is 15.9 Å². The molecule has 0 unspecified atom stereocenters. The maximum atomic E-state index is 13.3. The summed E-state index contributed by atoms with van der Waals surface area (Å²) in [6.45, 7) is -3.19. The smallest absolute Gasteiger partial charge is 0.228 e. The number of ether oxygens (including phenoxy) is 1. The van der Waals surface area contributed by atoms with Gasteiger partial charge in [0.2, 0.25) is 10.9 Å². The van der Waals surface area contributed by atoms with Crippen molar-refractivity contribution in [3.63, 3.8) is 0 Å². The average Bonchev–Trinajstić information content (AvgIpc) is 3.12. The van der Waals surface area contributed by atoms with Gasteiger partial charge >= 0.3 is 0 Å². The molecule has 3 aromatic rings. The molecule has 0 N–H and O–H groups in total. The molecule has 0 saturated heterocycles. The van der Waals surface area contributed by atoms with E-state index in [-0.39, 0.29) is 10.9 Å². The van der Waals surface area contributed by atoms with Gasteiger partial charge in [0.05, 0.1) is 0 Å². The van der Waals surface area contributed by atoms with Gasteiger partial charge in [-0.1, -0.05) is 91.0 Å². The summed E-state index contributed by atoms with van der Waals surface area (Å²) in [4.78, 5) is 4.53. The molecule has 0 fully saturated rings. The molecule has 0 saturated carbocycles. The van der Waals surface area contributed by atoms with Gasteiger partial charge in [-0.25, -0.2) is 9.38 Å². The quantitative estimate of drug-likeness (QED) is 0.496. The number of alkyl halides is 1. The zero-order valence-electron chi connectivity index (χ0n) is 14.5. The standard InChI is InChI=1S/C22H17FNOPS/c23-16-20-24-21(22(27)25-20)26(17-10-4-1-5-11-17,18-12-6-2-7-13-18)19-14-8-3-9-15-19/h1-15H,16H2. The second-order valence-electron chi connectivity index (χ2n) is 6.03. The maximum absolute atomic E-state index is 13.3. The van der Waals surface area contributed by atoms with Gasteiger partial charge in [0.15, 0.2) is 6.67 Å². The molecule has 3 aromatic carbocycles. The molecule has 0 aromatic heterocycles. The van der Waals surface area contributed by atoms with Crippen LogP contribution in [0, 0.1) is 0 Å². The van der Waals surface area contributed by atoms with Crippen LogP contribution in [-0.2, 0) is 4.74 Å². The lowest BCUT2D eigenvalue weighted by atomic mass is 10.4. The fraction of sp³-hybridized carbons (Fsp3) is 0.0455. The van der Waals surface area contributed by atoms with Crippen molar-refractivity contribution in [3.8, 4) is 0 Å². The highest BCUT2D eigenvalue weighted by Gasteiger charge is 2.35. The van der Waals surface area contributed by atoms with E-state index >= 15 is 0 Å². The Morgan fingerprint density at radius 2 is 1.15 bits per heavy atom. The molecule has 2 nitrogen and oxygen atoms in total. The molecule has 4 rings (SSSR count). The number of hydrogen-bond donors (Lipinski definition) is 0. The third kappa shape index (κ3) is 3.05. The summed E-state index contributed by atoms with van der Waals surface area (Å²) in [5, 5.41) is 3.57. The van der Waals surface area contributed by atoms with Crippen LogP contribution in [-0.4, -0.2) is 23.0 Å². The van der Waals surface area contributed by atoms with Crippen molar-refractivity contribution in [1.29, 1.82) is 0 Å². The van der Waals surface area contributed by atoms with Crippen LogP contribution in [0.2, 0.25) is 0 Å². The van der Waals surface area contributed by atoms with E-state index in [0.29, 0.717) is 5.42 Å². The first-order chi connectivity index (χ1) is 13.3. The molecular formula is C22H17FNOPS. The minimum atomic E-state index is -2.41. The highest BCUT2D eigenvalue weighted by Crippen LogP contribution is 2.47. The molecule has 0 atom stereocenters. The second kappa shape index (κ2) is 7.59. The van der Waals surface area contributed by atoms with Crippen molar-refractivity contribution in [2.24, 2.45) is 4.99 Å². The Morgan fingerprint density at radius 3 is 1.48 bits per heavy atom. The number of thiocarbonyl (C=S) groups is 1. The van der Waals surface area contributed by atoms with Gasteiger partial charge in [0, 0.05) is 6.89 Å². The molecular weight excluding hydrogens is 376 g/mol. The van der Waals surface area contributed by atoms with Gasteiger partial charge in [-0.3, -0.25) is 0 Å². The summed E-state index contributed by atoms with van der Waals surface area (Å²) in [6.07, 6.45) is 0. The lowest BCUT2D eigenvalue weighted by molar-refractivity contribution is 0.490. The van der Waals surface area contributed by atoms with Gasteiger partial charge < -0.3 is 4.74 Å². The van der Waals surface area contributed by atoms with Crippen molar-refractivity contribution < 1.29 is 9.13 Å². The molecule has 0 radical (unpaired) electrons. The van der Waals surface area contributed by atoms with Crippen molar-refractivity contribution in [1.82, 2.24) is 0 Å². The molecule has 0 amide bonds. The Hall–Kier alpha value is -2.55. The van der Waals surface area contributed by atoms with Gasteiger partial charge in [-0.05, 0) is 28.1 Å². The fourth-order valence-electron chi connectivity index (χ4n) is 3.38. The Kier molecular flexibility index (Phi) is 5.02. The molecule has 1 heterocycles. The van der Waals surface area contributed by atoms with Crippen LogP contribution in [0.3, 0.4) is 0 Å². The molecule has 134 valence electrons. The lowest BCUT2D eigenvalue weighted by Crippen LogP contribution is -2.31. The Bertz CT molecular complexity index is 946. The van der Waals surface area contributed by atoms with Crippen LogP contribution < -0.4 is 15.9 Å². The monoisotopic (exact) mass is 393 g/mol. The predicted octanol–water partition coefficient (Wildman–Crippen LogP) is 3.84. The normalized spacial score (nSPS) is 14.0. The van der Waals surface area contributed by atoms with Crippen molar-refractivity contribution in [2.75, 3.05) is 6.67 Å². The van der Waals surface area contributed by atoms with E-state index in [9.17, 15) is 4.39 Å². The summed E-state index contributed by atoms with van der Waals surface area (Å²) in [5.41, 5.74) is 0.647. The van der Waals surface area contributed by atoms with Crippen LogP contribution in [0.1, 0.15) is 0 Å². The van der Waals surface area contributed by atoms with Gasteiger partial charge in [0.1, 0.15) is 5.42 Å². The highest BCUT2D eigenvalue weighted by atomic mass is 32.1. The van der Waals surface area contributed by atoms with E-state index in [1.54, 1.807) is 0 Å². The summed E-state index contributed by atoms with van der Waals surface area (Å²) in [6, 6.07) is 30.5. The zero-order chi connectivity index (χ0) is 18.7.